The van der Waals surface area contributed by atoms with Crippen LogP contribution in [0, 0.1) is 6.92 Å². The molecule has 0 aromatic heterocycles. The fraction of sp³-hybridized carbons (Fsp3) is 0.143. The van der Waals surface area contributed by atoms with Crippen LogP contribution >= 0.6 is 11.6 Å². The van der Waals surface area contributed by atoms with E-state index in [0.717, 1.165) is 16.1 Å². The molecule has 0 heterocycles. The third-order valence-electron chi connectivity index (χ3n) is 2.62. The summed E-state index contributed by atoms with van der Waals surface area (Å²) in [7, 11) is 0. The van der Waals surface area contributed by atoms with E-state index in [-0.39, 0.29) is 0 Å². The molecule has 2 heteroatoms. The summed E-state index contributed by atoms with van der Waals surface area (Å²) in [6.45, 7) is 2.56. The summed E-state index contributed by atoms with van der Waals surface area (Å²) < 4.78 is 0. The molecule has 0 spiro atoms. The largest absolute Gasteiger partial charge is 0.326 e. The van der Waals surface area contributed by atoms with Crippen LogP contribution in [0.25, 0.3) is 11.1 Å². The number of hydrogen-bond acceptors (Lipinski definition) is 1. The molecule has 0 aliphatic heterocycles. The molecular formula is C14H14ClN. The molecule has 0 aliphatic rings. The van der Waals surface area contributed by atoms with Crippen molar-refractivity contribution in [3.8, 4) is 11.1 Å². The fourth-order valence-corrected chi connectivity index (χ4v) is 1.97. The molecule has 0 saturated heterocycles. The summed E-state index contributed by atoms with van der Waals surface area (Å²) >= 11 is 6.14. The van der Waals surface area contributed by atoms with Crippen LogP contribution in [0.15, 0.2) is 42.5 Å². The minimum Gasteiger partial charge on any atom is -0.326 e. The van der Waals surface area contributed by atoms with Crippen molar-refractivity contribution in [2.75, 3.05) is 0 Å². The van der Waals surface area contributed by atoms with Gasteiger partial charge in [0.25, 0.3) is 0 Å². The zero-order valence-corrected chi connectivity index (χ0v) is 9.96. The lowest BCUT2D eigenvalue weighted by Crippen LogP contribution is -1.96. The second-order valence-electron chi connectivity index (χ2n) is 3.88. The minimum atomic E-state index is 0.479. The van der Waals surface area contributed by atoms with Crippen LogP contribution in [0.1, 0.15) is 11.1 Å². The lowest BCUT2D eigenvalue weighted by Gasteiger charge is -2.06. The van der Waals surface area contributed by atoms with Crippen LogP contribution in [0.2, 0.25) is 5.02 Å². The predicted octanol–water partition coefficient (Wildman–Crippen LogP) is 3.77. The standard InChI is InChI=1S/C14H14ClN/c1-10-3-2-4-11(7-10)12-5-6-13(9-16)14(15)8-12/h2-8H,9,16H2,1H3. The van der Waals surface area contributed by atoms with Gasteiger partial charge in [-0.05, 0) is 29.7 Å². The second-order valence-corrected chi connectivity index (χ2v) is 4.29. The summed E-state index contributed by atoms with van der Waals surface area (Å²) in [6.07, 6.45) is 0. The Kier molecular flexibility index (Phi) is 3.28. The highest BCUT2D eigenvalue weighted by Gasteiger charge is 2.02. The average Bonchev–Trinajstić information content (AvgIpc) is 2.29. The van der Waals surface area contributed by atoms with E-state index in [1.54, 1.807) is 0 Å². The second kappa shape index (κ2) is 4.69. The summed E-state index contributed by atoms with van der Waals surface area (Å²) in [6, 6.07) is 14.4. The molecule has 0 atom stereocenters. The third kappa shape index (κ3) is 2.26. The van der Waals surface area contributed by atoms with Gasteiger partial charge in [-0.15, -0.1) is 0 Å². The van der Waals surface area contributed by atoms with Crippen molar-refractivity contribution in [2.24, 2.45) is 5.73 Å². The van der Waals surface area contributed by atoms with Gasteiger partial charge in [-0.2, -0.15) is 0 Å². The monoisotopic (exact) mass is 231 g/mol. The fourth-order valence-electron chi connectivity index (χ4n) is 1.72. The topological polar surface area (TPSA) is 26.0 Å². The van der Waals surface area contributed by atoms with E-state index in [9.17, 15) is 0 Å². The van der Waals surface area contributed by atoms with Gasteiger partial charge in [0.1, 0.15) is 0 Å². The van der Waals surface area contributed by atoms with E-state index in [1.807, 2.05) is 12.1 Å². The highest BCUT2D eigenvalue weighted by molar-refractivity contribution is 6.31. The molecule has 2 aromatic rings. The molecule has 0 aliphatic carbocycles. The summed E-state index contributed by atoms with van der Waals surface area (Å²) in [5.74, 6) is 0. The first kappa shape index (κ1) is 11.2. The van der Waals surface area contributed by atoms with Gasteiger partial charge in [0.2, 0.25) is 0 Å². The van der Waals surface area contributed by atoms with Gasteiger partial charge in [0, 0.05) is 11.6 Å². The Balaban J connectivity index is 2.45. The molecule has 0 unspecified atom stereocenters. The molecule has 2 N–H and O–H groups in total. The molecule has 0 amide bonds. The molecule has 2 aromatic carbocycles. The van der Waals surface area contributed by atoms with Gasteiger partial charge in [0.15, 0.2) is 0 Å². The molecule has 82 valence electrons. The van der Waals surface area contributed by atoms with Gasteiger partial charge in [0.05, 0.1) is 0 Å². The first-order valence-electron chi connectivity index (χ1n) is 5.26. The minimum absolute atomic E-state index is 0.479. The number of nitrogens with two attached hydrogens (primary N) is 1. The van der Waals surface area contributed by atoms with Crippen molar-refractivity contribution >= 4 is 11.6 Å². The molecule has 0 fully saturated rings. The zero-order valence-electron chi connectivity index (χ0n) is 9.20. The zero-order chi connectivity index (χ0) is 11.5. The van der Waals surface area contributed by atoms with Crippen molar-refractivity contribution < 1.29 is 0 Å². The Morgan fingerprint density at radius 1 is 1.06 bits per heavy atom. The van der Waals surface area contributed by atoms with Crippen LogP contribution in [-0.4, -0.2) is 0 Å². The summed E-state index contributed by atoms with van der Waals surface area (Å²) in [5.41, 5.74) is 10.1. The van der Waals surface area contributed by atoms with Crippen molar-refractivity contribution in [2.45, 2.75) is 13.5 Å². The summed E-state index contributed by atoms with van der Waals surface area (Å²) in [5, 5.41) is 0.738. The van der Waals surface area contributed by atoms with E-state index >= 15 is 0 Å². The van der Waals surface area contributed by atoms with E-state index in [2.05, 4.69) is 37.3 Å². The Morgan fingerprint density at radius 2 is 1.81 bits per heavy atom. The van der Waals surface area contributed by atoms with Gasteiger partial charge >= 0.3 is 0 Å². The molecular weight excluding hydrogens is 218 g/mol. The van der Waals surface area contributed by atoms with E-state index in [1.165, 1.54) is 11.1 Å². The number of aryl methyl sites for hydroxylation is 1. The number of halogens is 1. The third-order valence-corrected chi connectivity index (χ3v) is 2.98. The normalized spacial score (nSPS) is 10.4. The Labute approximate surface area is 101 Å². The van der Waals surface area contributed by atoms with E-state index < -0.39 is 0 Å². The van der Waals surface area contributed by atoms with Gasteiger partial charge in [-0.3, -0.25) is 0 Å². The molecule has 0 radical (unpaired) electrons. The number of rotatable bonds is 2. The van der Waals surface area contributed by atoms with Crippen LogP contribution in [0.5, 0.6) is 0 Å². The van der Waals surface area contributed by atoms with Crippen molar-refractivity contribution in [1.82, 2.24) is 0 Å². The van der Waals surface area contributed by atoms with Gasteiger partial charge in [-0.1, -0.05) is 53.6 Å². The lowest BCUT2D eigenvalue weighted by molar-refractivity contribution is 1.07. The smallest absolute Gasteiger partial charge is 0.0457 e. The molecule has 0 saturated carbocycles. The maximum Gasteiger partial charge on any atom is 0.0457 e. The molecule has 16 heavy (non-hydrogen) atoms. The lowest BCUT2D eigenvalue weighted by atomic mass is 10.0. The van der Waals surface area contributed by atoms with Gasteiger partial charge in [-0.25, -0.2) is 0 Å². The van der Waals surface area contributed by atoms with E-state index in [4.69, 9.17) is 17.3 Å². The Bertz CT molecular complexity index is 506. The SMILES string of the molecule is Cc1cccc(-c2ccc(CN)c(Cl)c2)c1. The molecule has 1 nitrogen and oxygen atoms in total. The highest BCUT2D eigenvalue weighted by atomic mass is 35.5. The maximum absolute atomic E-state index is 6.14. The van der Waals surface area contributed by atoms with Crippen molar-refractivity contribution in [3.05, 3.63) is 58.6 Å². The van der Waals surface area contributed by atoms with E-state index in [0.29, 0.717) is 6.54 Å². The number of hydrogen-bond donors (Lipinski definition) is 1. The van der Waals surface area contributed by atoms with Crippen LogP contribution in [0.4, 0.5) is 0 Å². The predicted molar refractivity (Wildman–Crippen MR) is 69.5 cm³/mol. The maximum atomic E-state index is 6.14. The Hall–Kier alpha value is -1.31. The van der Waals surface area contributed by atoms with Gasteiger partial charge < -0.3 is 5.73 Å². The Morgan fingerprint density at radius 3 is 2.44 bits per heavy atom. The van der Waals surface area contributed by atoms with Crippen LogP contribution in [0.3, 0.4) is 0 Å². The van der Waals surface area contributed by atoms with Crippen molar-refractivity contribution in [3.63, 3.8) is 0 Å². The average molecular weight is 232 g/mol. The first-order valence-corrected chi connectivity index (χ1v) is 5.64. The van der Waals surface area contributed by atoms with Crippen molar-refractivity contribution in [1.29, 1.82) is 0 Å². The van der Waals surface area contributed by atoms with Crippen LogP contribution in [-0.2, 0) is 6.54 Å². The summed E-state index contributed by atoms with van der Waals surface area (Å²) in [4.78, 5) is 0. The highest BCUT2D eigenvalue weighted by Crippen LogP contribution is 2.25. The quantitative estimate of drug-likeness (QED) is 0.837. The number of benzene rings is 2. The molecule has 2 rings (SSSR count). The van der Waals surface area contributed by atoms with Crippen LogP contribution < -0.4 is 5.73 Å². The molecule has 0 bridgehead atoms. The first-order chi connectivity index (χ1) is 7.70.